The number of hydrogen-bond donors (Lipinski definition) is 5. The number of aliphatic hydroxyl groups is 3. The summed E-state index contributed by atoms with van der Waals surface area (Å²) in [5.74, 6) is 7.15. The first-order chi connectivity index (χ1) is 15.6. The molecule has 2 atom stereocenters. The molecular weight excluding hydrogens is 446 g/mol. The van der Waals surface area contributed by atoms with E-state index in [4.69, 9.17) is 37.8 Å². The summed E-state index contributed by atoms with van der Waals surface area (Å²) < 4.78 is 11.2. The predicted octanol–water partition coefficient (Wildman–Crippen LogP) is 1.70. The van der Waals surface area contributed by atoms with E-state index in [2.05, 4.69) is 13.8 Å². The van der Waals surface area contributed by atoms with E-state index in [9.17, 15) is 10.2 Å². The van der Waals surface area contributed by atoms with Crippen LogP contribution in [-0.4, -0.2) is 64.8 Å². The van der Waals surface area contributed by atoms with Gasteiger partial charge in [-0.1, -0.05) is 38.1 Å². The Labute approximate surface area is 200 Å². The van der Waals surface area contributed by atoms with Gasteiger partial charge in [-0.3, -0.25) is 0 Å². The zero-order valence-electron chi connectivity index (χ0n) is 19.0. The third-order valence-electron chi connectivity index (χ3n) is 5.15. The SMILES string of the molecule is CC(C)(c1ccc(OCC(O)CCl)cc1)c1ccc(OCC(O)CN(N)/C=C(\N)CO)cc1. The van der Waals surface area contributed by atoms with Crippen LogP contribution in [0.15, 0.2) is 60.4 Å². The Balaban J connectivity index is 1.93. The molecule has 0 heterocycles. The summed E-state index contributed by atoms with van der Waals surface area (Å²) in [7, 11) is 0. The molecule has 0 aromatic heterocycles. The second kappa shape index (κ2) is 12.7. The number of rotatable bonds is 13. The number of nitrogens with zero attached hydrogens (tertiary/aromatic N) is 1. The van der Waals surface area contributed by atoms with E-state index in [-0.39, 0.29) is 43.4 Å². The third-order valence-corrected chi connectivity index (χ3v) is 5.51. The Morgan fingerprint density at radius 3 is 1.85 bits per heavy atom. The Kier molecular flexibility index (Phi) is 10.3. The highest BCUT2D eigenvalue weighted by molar-refractivity contribution is 6.18. The van der Waals surface area contributed by atoms with E-state index in [0.29, 0.717) is 11.5 Å². The topological polar surface area (TPSA) is 134 Å². The highest BCUT2D eigenvalue weighted by Crippen LogP contribution is 2.33. The van der Waals surface area contributed by atoms with E-state index < -0.39 is 12.2 Å². The molecule has 0 radical (unpaired) electrons. The first kappa shape index (κ1) is 26.8. The van der Waals surface area contributed by atoms with Crippen LogP contribution >= 0.6 is 11.6 Å². The van der Waals surface area contributed by atoms with Crippen LogP contribution in [0.2, 0.25) is 0 Å². The lowest BCUT2D eigenvalue weighted by Gasteiger charge is -2.26. The largest absolute Gasteiger partial charge is 0.491 e. The molecule has 182 valence electrons. The van der Waals surface area contributed by atoms with E-state index >= 15 is 0 Å². The molecule has 2 unspecified atom stereocenters. The first-order valence-electron chi connectivity index (χ1n) is 10.6. The summed E-state index contributed by atoms with van der Waals surface area (Å²) in [6, 6.07) is 15.4. The fourth-order valence-corrected chi connectivity index (χ4v) is 3.22. The molecule has 0 saturated carbocycles. The maximum atomic E-state index is 10.1. The molecule has 8 nitrogen and oxygen atoms in total. The number of hydrazine groups is 1. The van der Waals surface area contributed by atoms with Gasteiger partial charge in [0.05, 0.1) is 24.7 Å². The third kappa shape index (κ3) is 8.42. The number of aliphatic hydroxyl groups excluding tert-OH is 3. The van der Waals surface area contributed by atoms with Crippen molar-refractivity contribution in [2.45, 2.75) is 31.5 Å². The molecule has 0 amide bonds. The lowest BCUT2D eigenvalue weighted by atomic mass is 9.78. The van der Waals surface area contributed by atoms with Crippen LogP contribution in [0.3, 0.4) is 0 Å². The van der Waals surface area contributed by atoms with Gasteiger partial charge < -0.3 is 35.5 Å². The standard InChI is InChI=1S/C24H34ClN3O5/c1-24(2,17-3-7-22(8-4-17)32-15-20(30)11-25)18-5-9-23(10-6-18)33-16-21(31)13-28(27)12-19(26)14-29/h3-10,12,20-21,29-31H,11,13-16,26-27H2,1-2H3/b19-12-. The fraction of sp³-hybridized carbons (Fsp3) is 0.417. The minimum absolute atomic E-state index is 0.0587. The second-order valence-electron chi connectivity index (χ2n) is 8.32. The van der Waals surface area contributed by atoms with Gasteiger partial charge in [-0.2, -0.15) is 0 Å². The van der Waals surface area contributed by atoms with Crippen molar-refractivity contribution in [1.29, 1.82) is 0 Å². The Morgan fingerprint density at radius 2 is 1.42 bits per heavy atom. The fourth-order valence-electron chi connectivity index (χ4n) is 3.13. The molecule has 2 aromatic carbocycles. The van der Waals surface area contributed by atoms with Gasteiger partial charge in [0.1, 0.15) is 36.9 Å². The van der Waals surface area contributed by atoms with Crippen molar-refractivity contribution in [3.63, 3.8) is 0 Å². The number of benzene rings is 2. The second-order valence-corrected chi connectivity index (χ2v) is 8.63. The van der Waals surface area contributed by atoms with Crippen LogP contribution < -0.4 is 21.1 Å². The molecule has 0 saturated heterocycles. The molecule has 33 heavy (non-hydrogen) atoms. The van der Waals surface area contributed by atoms with Crippen molar-refractivity contribution in [2.24, 2.45) is 11.6 Å². The monoisotopic (exact) mass is 479 g/mol. The average molecular weight is 480 g/mol. The van der Waals surface area contributed by atoms with Crippen molar-refractivity contribution >= 4 is 11.6 Å². The van der Waals surface area contributed by atoms with Crippen molar-refractivity contribution in [1.82, 2.24) is 5.01 Å². The van der Waals surface area contributed by atoms with Crippen LogP contribution in [0.4, 0.5) is 0 Å². The lowest BCUT2D eigenvalue weighted by molar-refractivity contribution is 0.0815. The van der Waals surface area contributed by atoms with Gasteiger partial charge in [0, 0.05) is 11.6 Å². The van der Waals surface area contributed by atoms with Crippen LogP contribution in [0.1, 0.15) is 25.0 Å². The number of ether oxygens (including phenoxy) is 2. The highest BCUT2D eigenvalue weighted by atomic mass is 35.5. The number of nitrogens with two attached hydrogens (primary N) is 2. The van der Waals surface area contributed by atoms with Crippen molar-refractivity contribution in [2.75, 3.05) is 32.2 Å². The molecule has 0 fully saturated rings. The minimum atomic E-state index is -0.833. The summed E-state index contributed by atoms with van der Waals surface area (Å²) in [4.78, 5) is 0. The van der Waals surface area contributed by atoms with Crippen molar-refractivity contribution < 1.29 is 24.8 Å². The Hall–Kier alpha value is -2.49. The molecule has 2 aromatic rings. The summed E-state index contributed by atoms with van der Waals surface area (Å²) in [5, 5.41) is 29.7. The van der Waals surface area contributed by atoms with Crippen LogP contribution in [0.5, 0.6) is 11.5 Å². The number of halogens is 1. The molecule has 7 N–H and O–H groups in total. The number of alkyl halides is 1. The molecule has 0 aliphatic heterocycles. The van der Waals surface area contributed by atoms with Crippen molar-refractivity contribution in [3.8, 4) is 11.5 Å². The normalized spacial score (nSPS) is 14.0. The summed E-state index contributed by atoms with van der Waals surface area (Å²) in [5.41, 5.74) is 7.65. The summed E-state index contributed by atoms with van der Waals surface area (Å²) >= 11 is 5.59. The summed E-state index contributed by atoms with van der Waals surface area (Å²) in [6.07, 6.45) is -0.164. The molecule has 0 bridgehead atoms. The smallest absolute Gasteiger partial charge is 0.119 e. The Bertz CT molecular complexity index is 875. The van der Waals surface area contributed by atoms with E-state index in [1.165, 1.54) is 11.2 Å². The minimum Gasteiger partial charge on any atom is -0.491 e. The highest BCUT2D eigenvalue weighted by Gasteiger charge is 2.23. The zero-order chi connectivity index (χ0) is 24.4. The lowest BCUT2D eigenvalue weighted by Crippen LogP contribution is -2.37. The molecule has 2 rings (SSSR count). The summed E-state index contributed by atoms with van der Waals surface area (Å²) in [6.45, 7) is 4.26. The first-order valence-corrected chi connectivity index (χ1v) is 11.2. The molecule has 0 aliphatic rings. The maximum Gasteiger partial charge on any atom is 0.119 e. The zero-order valence-corrected chi connectivity index (χ0v) is 19.8. The Morgan fingerprint density at radius 1 is 0.970 bits per heavy atom. The van der Waals surface area contributed by atoms with Gasteiger partial charge in [-0.05, 0) is 35.4 Å². The average Bonchev–Trinajstić information content (AvgIpc) is 2.81. The number of hydrogen-bond acceptors (Lipinski definition) is 8. The van der Waals surface area contributed by atoms with Gasteiger partial charge in [-0.25, -0.2) is 5.84 Å². The molecule has 0 aliphatic carbocycles. The predicted molar refractivity (Wildman–Crippen MR) is 129 cm³/mol. The van der Waals surface area contributed by atoms with Gasteiger partial charge in [0.15, 0.2) is 0 Å². The van der Waals surface area contributed by atoms with Crippen molar-refractivity contribution in [3.05, 3.63) is 71.6 Å². The molecule has 0 spiro atoms. The van der Waals surface area contributed by atoms with Gasteiger partial charge in [0.25, 0.3) is 0 Å². The quantitative estimate of drug-likeness (QED) is 0.166. The van der Waals surface area contributed by atoms with Gasteiger partial charge >= 0.3 is 0 Å². The van der Waals surface area contributed by atoms with Gasteiger partial charge in [0.2, 0.25) is 0 Å². The molecule has 9 heteroatoms. The van der Waals surface area contributed by atoms with E-state index in [0.717, 1.165) is 11.1 Å². The van der Waals surface area contributed by atoms with Crippen LogP contribution in [0.25, 0.3) is 0 Å². The van der Waals surface area contributed by atoms with Gasteiger partial charge in [-0.15, -0.1) is 11.6 Å². The van der Waals surface area contributed by atoms with Crippen LogP contribution in [-0.2, 0) is 5.41 Å². The molecular formula is C24H34ClN3O5. The van der Waals surface area contributed by atoms with Crippen LogP contribution in [0, 0.1) is 0 Å². The van der Waals surface area contributed by atoms with E-state index in [1.807, 2.05) is 48.5 Å². The maximum absolute atomic E-state index is 10.1. The van der Waals surface area contributed by atoms with E-state index in [1.54, 1.807) is 0 Å².